The molecule has 2 amide bonds. The number of imidazole rings is 1. The predicted octanol–water partition coefficient (Wildman–Crippen LogP) is 4.76. The summed E-state index contributed by atoms with van der Waals surface area (Å²) in [5.74, 6) is -5.64. The lowest BCUT2D eigenvalue weighted by atomic mass is 9.99. The fourth-order valence-electron chi connectivity index (χ4n) is 4.46. The van der Waals surface area contributed by atoms with E-state index in [1.165, 1.54) is 17.0 Å². The van der Waals surface area contributed by atoms with Gasteiger partial charge in [-0.15, -0.1) is 0 Å². The lowest BCUT2D eigenvalue weighted by molar-refractivity contribution is -0.143. The van der Waals surface area contributed by atoms with Crippen molar-refractivity contribution in [2.45, 2.75) is 31.4 Å². The number of rotatable bonds is 5. The van der Waals surface area contributed by atoms with Crippen molar-refractivity contribution in [3.05, 3.63) is 90.6 Å². The Morgan fingerprint density at radius 2 is 1.77 bits per heavy atom. The minimum atomic E-state index is -3.57. The van der Waals surface area contributed by atoms with Crippen molar-refractivity contribution in [1.82, 2.24) is 14.7 Å². The van der Waals surface area contributed by atoms with E-state index in [0.29, 0.717) is 23.9 Å². The summed E-state index contributed by atoms with van der Waals surface area (Å²) in [6.07, 6.45) is 3.19. The van der Waals surface area contributed by atoms with Crippen LogP contribution >= 0.6 is 0 Å². The molecule has 2 aromatic carbocycles. The van der Waals surface area contributed by atoms with Crippen molar-refractivity contribution in [2.75, 3.05) is 4.90 Å². The van der Waals surface area contributed by atoms with Gasteiger partial charge in [-0.05, 0) is 42.0 Å². The zero-order valence-electron chi connectivity index (χ0n) is 18.7. The number of nitrogens with zero attached hydrogens (tertiary/aromatic N) is 3. The van der Waals surface area contributed by atoms with Crippen molar-refractivity contribution in [2.24, 2.45) is 0 Å². The summed E-state index contributed by atoms with van der Waals surface area (Å²) in [6.45, 7) is 0.528. The van der Waals surface area contributed by atoms with E-state index in [-0.39, 0.29) is 18.1 Å². The standard InChI is InChI=1S/C26H21F3N4O2/c1-26(28,29)25(35)31-20-13-22(34)33(24(20)17-5-3-2-4-6-17)19-11-12-21-23(30-15-32(21)14-19)16-7-9-18(27)10-8-16/h2-12,14-15,20,24H,13H2,1H3,(H,31,35)/t20-,24+/m0/s1. The first-order valence-corrected chi connectivity index (χ1v) is 11.0. The van der Waals surface area contributed by atoms with Gasteiger partial charge in [0.05, 0.1) is 29.0 Å². The molecule has 1 N–H and O–H groups in total. The quantitative estimate of drug-likeness (QED) is 0.450. The smallest absolute Gasteiger partial charge is 0.321 e. The molecule has 1 fully saturated rings. The molecule has 35 heavy (non-hydrogen) atoms. The number of hydrogen-bond donors (Lipinski definition) is 1. The lowest BCUT2D eigenvalue weighted by Gasteiger charge is -2.29. The first kappa shape index (κ1) is 22.6. The van der Waals surface area contributed by atoms with Crippen LogP contribution in [-0.4, -0.2) is 33.2 Å². The highest BCUT2D eigenvalue weighted by Crippen LogP contribution is 2.38. The second kappa shape index (κ2) is 8.57. The average Bonchev–Trinajstić information content (AvgIpc) is 3.39. The third-order valence-electron chi connectivity index (χ3n) is 6.09. The molecule has 0 unspecified atom stereocenters. The number of nitrogens with one attached hydrogen (secondary N) is 1. The molecular formula is C26H21F3N4O2. The van der Waals surface area contributed by atoms with Gasteiger partial charge in [-0.25, -0.2) is 9.37 Å². The molecule has 4 aromatic rings. The number of aromatic nitrogens is 2. The number of carbonyl (C=O) groups excluding carboxylic acids is 2. The number of pyridine rings is 1. The summed E-state index contributed by atoms with van der Waals surface area (Å²) >= 11 is 0. The van der Waals surface area contributed by atoms with Gasteiger partial charge in [-0.1, -0.05) is 30.3 Å². The zero-order chi connectivity index (χ0) is 24.7. The molecule has 2 atom stereocenters. The molecule has 0 spiro atoms. The van der Waals surface area contributed by atoms with Crippen LogP contribution in [0.1, 0.15) is 24.9 Å². The van der Waals surface area contributed by atoms with Crippen molar-refractivity contribution in [3.63, 3.8) is 0 Å². The van der Waals surface area contributed by atoms with Crippen LogP contribution < -0.4 is 10.2 Å². The monoisotopic (exact) mass is 478 g/mol. The fourth-order valence-corrected chi connectivity index (χ4v) is 4.46. The number of amides is 2. The first-order chi connectivity index (χ1) is 16.7. The van der Waals surface area contributed by atoms with E-state index in [1.54, 1.807) is 65.5 Å². The molecule has 0 radical (unpaired) electrons. The van der Waals surface area contributed by atoms with E-state index in [2.05, 4.69) is 10.3 Å². The van der Waals surface area contributed by atoms with E-state index in [0.717, 1.165) is 11.1 Å². The van der Waals surface area contributed by atoms with Crippen LogP contribution in [0.3, 0.4) is 0 Å². The van der Waals surface area contributed by atoms with E-state index in [9.17, 15) is 22.8 Å². The molecule has 0 aliphatic carbocycles. The summed E-state index contributed by atoms with van der Waals surface area (Å²) in [5.41, 5.74) is 3.38. The van der Waals surface area contributed by atoms with Gasteiger partial charge >= 0.3 is 5.92 Å². The highest BCUT2D eigenvalue weighted by molar-refractivity contribution is 5.98. The minimum Gasteiger partial charge on any atom is -0.345 e. The first-order valence-electron chi connectivity index (χ1n) is 11.0. The van der Waals surface area contributed by atoms with Crippen molar-refractivity contribution in [1.29, 1.82) is 0 Å². The van der Waals surface area contributed by atoms with Crippen molar-refractivity contribution < 1.29 is 22.8 Å². The van der Waals surface area contributed by atoms with Gasteiger partial charge in [0, 0.05) is 25.1 Å². The molecule has 1 aliphatic heterocycles. The molecule has 1 aliphatic rings. The second-order valence-electron chi connectivity index (χ2n) is 8.57. The summed E-state index contributed by atoms with van der Waals surface area (Å²) in [7, 11) is 0. The Kier molecular flexibility index (Phi) is 5.55. The number of fused-ring (bicyclic) bond motifs is 1. The average molecular weight is 478 g/mol. The van der Waals surface area contributed by atoms with Gasteiger partial charge in [0.1, 0.15) is 12.1 Å². The number of alkyl halides is 2. The van der Waals surface area contributed by atoms with Crippen molar-refractivity contribution in [3.8, 4) is 11.3 Å². The SMILES string of the molecule is CC(F)(F)C(=O)N[C@H]1CC(=O)N(c2ccc3c(-c4ccc(F)cc4)ncn3c2)[C@@H]1c1ccccc1. The largest absolute Gasteiger partial charge is 0.345 e. The summed E-state index contributed by atoms with van der Waals surface area (Å²) < 4.78 is 42.3. The number of carbonyl (C=O) groups is 2. The Labute approximate surface area is 199 Å². The third kappa shape index (κ3) is 4.25. The van der Waals surface area contributed by atoms with Crippen LogP contribution in [0.15, 0.2) is 79.3 Å². The number of halogens is 3. The van der Waals surface area contributed by atoms with Gasteiger partial charge in [-0.3, -0.25) is 9.59 Å². The molecule has 178 valence electrons. The molecule has 3 heterocycles. The van der Waals surface area contributed by atoms with Gasteiger partial charge < -0.3 is 14.6 Å². The highest BCUT2D eigenvalue weighted by atomic mass is 19.3. The molecule has 6 nitrogen and oxygen atoms in total. The van der Waals surface area contributed by atoms with E-state index in [4.69, 9.17) is 0 Å². The maximum Gasteiger partial charge on any atom is 0.321 e. The van der Waals surface area contributed by atoms with Gasteiger partial charge in [0.15, 0.2) is 0 Å². The van der Waals surface area contributed by atoms with Crippen LogP contribution in [-0.2, 0) is 9.59 Å². The van der Waals surface area contributed by atoms with Crippen LogP contribution in [0, 0.1) is 5.82 Å². The Hall–Kier alpha value is -4.14. The van der Waals surface area contributed by atoms with Crippen LogP contribution in [0.25, 0.3) is 16.8 Å². The maximum absolute atomic E-state index is 13.6. The molecule has 0 saturated carbocycles. The van der Waals surface area contributed by atoms with Gasteiger partial charge in [0.2, 0.25) is 5.91 Å². The summed E-state index contributed by atoms with van der Waals surface area (Å²) in [6, 6.07) is 17.0. The Bertz CT molecular complexity index is 1400. The number of hydrogen-bond acceptors (Lipinski definition) is 3. The van der Waals surface area contributed by atoms with Crippen molar-refractivity contribution >= 4 is 23.0 Å². The predicted molar refractivity (Wildman–Crippen MR) is 124 cm³/mol. The zero-order valence-corrected chi connectivity index (χ0v) is 18.7. The lowest BCUT2D eigenvalue weighted by Crippen LogP contribution is -2.46. The van der Waals surface area contributed by atoms with Gasteiger partial charge in [-0.2, -0.15) is 8.78 Å². The Morgan fingerprint density at radius 3 is 2.46 bits per heavy atom. The number of benzene rings is 2. The fraction of sp³-hybridized carbons (Fsp3) is 0.192. The maximum atomic E-state index is 13.6. The Morgan fingerprint density at radius 1 is 1.06 bits per heavy atom. The topological polar surface area (TPSA) is 66.7 Å². The van der Waals surface area contributed by atoms with Gasteiger partial charge in [0.25, 0.3) is 5.91 Å². The van der Waals surface area contributed by atoms with E-state index >= 15 is 0 Å². The molecule has 9 heteroatoms. The Balaban J connectivity index is 1.53. The van der Waals surface area contributed by atoms with Crippen LogP contribution in [0.2, 0.25) is 0 Å². The minimum absolute atomic E-state index is 0.121. The molecule has 5 rings (SSSR count). The summed E-state index contributed by atoms with van der Waals surface area (Å²) in [5, 5.41) is 2.36. The van der Waals surface area contributed by atoms with Crippen LogP contribution in [0.4, 0.5) is 18.9 Å². The van der Waals surface area contributed by atoms with E-state index < -0.39 is 23.9 Å². The van der Waals surface area contributed by atoms with E-state index in [1.807, 2.05) is 6.07 Å². The molecule has 0 bridgehead atoms. The highest BCUT2D eigenvalue weighted by Gasteiger charge is 2.45. The normalized spacial score (nSPS) is 18.3. The second-order valence-corrected chi connectivity index (χ2v) is 8.57. The number of anilines is 1. The summed E-state index contributed by atoms with van der Waals surface area (Å²) in [4.78, 5) is 31.1. The molecular weight excluding hydrogens is 457 g/mol. The van der Waals surface area contributed by atoms with Crippen LogP contribution in [0.5, 0.6) is 0 Å². The molecule has 2 aromatic heterocycles. The third-order valence-corrected chi connectivity index (χ3v) is 6.09. The molecule has 1 saturated heterocycles.